The summed E-state index contributed by atoms with van der Waals surface area (Å²) in [5.41, 5.74) is 11.4. The molecule has 0 aliphatic carbocycles. The van der Waals surface area contributed by atoms with Crippen LogP contribution in [0.3, 0.4) is 0 Å². The summed E-state index contributed by atoms with van der Waals surface area (Å²) < 4.78 is 7.61. The van der Waals surface area contributed by atoms with Gasteiger partial charge in [0.05, 0.1) is 6.33 Å². The van der Waals surface area contributed by atoms with Crippen LogP contribution in [-0.2, 0) is 4.74 Å². The van der Waals surface area contributed by atoms with Gasteiger partial charge in [0.2, 0.25) is 0 Å². The quantitative estimate of drug-likeness (QED) is 0.342. The first-order chi connectivity index (χ1) is 11.8. The summed E-state index contributed by atoms with van der Waals surface area (Å²) in [6, 6.07) is -0.818. The molecule has 0 bridgehead atoms. The first kappa shape index (κ1) is 17.4. The molecule has 1 unspecified atom stereocenters. The number of nitrogens with one attached hydrogen (secondary N) is 1. The van der Waals surface area contributed by atoms with Crippen molar-refractivity contribution in [3.8, 4) is 11.8 Å². The molecule has 11 heteroatoms. The fourth-order valence-electron chi connectivity index (χ4n) is 2.97. The SMILES string of the molecule is CC#C[C@@]1(N)C(O)[C@@H]([C@H](C)N=O)O[C@H]1n1cnc2c(=S)nc(N)[nH]c21. The smallest absolute Gasteiger partial charge is 0.200 e. The standard InChI is InChI=1S/C14H17N7O3S/c1-3-4-14(16)9(22)8(6(2)20-23)24-12(14)21-5-17-7-10(21)18-13(15)19-11(7)25/h5-6,8-9,12,22H,16H2,1-2H3,(H3,15,18,19,25)/t6-,8+,9?,12+,14+/m0/s1. The normalized spacial score (nSPS) is 30.0. The Hall–Kier alpha value is -2.39. The highest BCUT2D eigenvalue weighted by molar-refractivity contribution is 7.71. The van der Waals surface area contributed by atoms with Crippen molar-refractivity contribution < 1.29 is 9.84 Å². The number of aliphatic hydroxyl groups is 1. The first-order valence-electron chi connectivity index (χ1n) is 7.44. The van der Waals surface area contributed by atoms with Gasteiger partial charge in [0, 0.05) is 0 Å². The molecule has 132 valence electrons. The van der Waals surface area contributed by atoms with Gasteiger partial charge in [0.25, 0.3) is 0 Å². The molecule has 1 aliphatic rings. The van der Waals surface area contributed by atoms with Crippen LogP contribution in [0.1, 0.15) is 20.1 Å². The van der Waals surface area contributed by atoms with E-state index in [0.29, 0.717) is 11.2 Å². The van der Waals surface area contributed by atoms with Crippen molar-refractivity contribution in [1.29, 1.82) is 0 Å². The number of hydrogen-bond donors (Lipinski definition) is 4. The van der Waals surface area contributed by atoms with Gasteiger partial charge in [-0.15, -0.1) is 5.92 Å². The number of nitrogens with two attached hydrogens (primary N) is 2. The summed E-state index contributed by atoms with van der Waals surface area (Å²) in [4.78, 5) is 21.9. The minimum atomic E-state index is -1.49. The zero-order valence-electron chi connectivity index (χ0n) is 13.5. The number of nitrogens with zero attached hydrogens (tertiary/aromatic N) is 4. The Balaban J connectivity index is 2.19. The number of fused-ring (bicyclic) bond motifs is 1. The highest BCUT2D eigenvalue weighted by atomic mass is 32.1. The molecule has 5 atom stereocenters. The lowest BCUT2D eigenvalue weighted by Gasteiger charge is -2.28. The molecule has 2 aromatic heterocycles. The average Bonchev–Trinajstić information content (AvgIpc) is 3.08. The number of imidazole rings is 1. The number of ether oxygens (including phenoxy) is 1. The molecular weight excluding hydrogens is 346 g/mol. The number of anilines is 1. The Labute approximate surface area is 147 Å². The van der Waals surface area contributed by atoms with Crippen LogP contribution in [-0.4, -0.2) is 48.4 Å². The maximum absolute atomic E-state index is 10.9. The Morgan fingerprint density at radius 1 is 1.64 bits per heavy atom. The molecule has 1 fully saturated rings. The largest absolute Gasteiger partial charge is 0.387 e. The molecule has 1 aliphatic heterocycles. The lowest BCUT2D eigenvalue weighted by molar-refractivity contribution is -0.0289. The molecule has 3 rings (SSSR count). The summed E-state index contributed by atoms with van der Waals surface area (Å²) >= 11 is 5.15. The molecular formula is C14H17N7O3S. The molecule has 1 saturated heterocycles. The van der Waals surface area contributed by atoms with Crippen molar-refractivity contribution >= 4 is 29.3 Å². The molecule has 25 heavy (non-hydrogen) atoms. The molecule has 0 saturated carbocycles. The van der Waals surface area contributed by atoms with Crippen molar-refractivity contribution in [3.63, 3.8) is 0 Å². The maximum Gasteiger partial charge on any atom is 0.200 e. The van der Waals surface area contributed by atoms with E-state index in [9.17, 15) is 10.0 Å². The first-order valence-corrected chi connectivity index (χ1v) is 7.85. The second-order valence-electron chi connectivity index (χ2n) is 5.83. The van der Waals surface area contributed by atoms with Crippen LogP contribution in [0.15, 0.2) is 11.5 Å². The number of nitrogen functional groups attached to an aromatic ring is 1. The Kier molecular flexibility index (Phi) is 4.29. The minimum absolute atomic E-state index is 0.0986. The van der Waals surface area contributed by atoms with E-state index in [1.807, 2.05) is 0 Å². The second kappa shape index (κ2) is 6.16. The molecule has 10 nitrogen and oxygen atoms in total. The fourth-order valence-corrected chi connectivity index (χ4v) is 3.22. The van der Waals surface area contributed by atoms with Crippen molar-refractivity contribution in [2.24, 2.45) is 10.9 Å². The molecule has 0 radical (unpaired) electrons. The van der Waals surface area contributed by atoms with Crippen LogP contribution < -0.4 is 11.5 Å². The number of nitroso groups, excluding NO2 is 1. The lowest BCUT2D eigenvalue weighted by Crippen LogP contribution is -2.54. The fraction of sp³-hybridized carbons (Fsp3) is 0.500. The van der Waals surface area contributed by atoms with Gasteiger partial charge in [-0.2, -0.15) is 4.91 Å². The number of rotatable bonds is 3. The molecule has 0 amide bonds. The minimum Gasteiger partial charge on any atom is -0.387 e. The molecule has 2 aromatic rings. The predicted octanol–water partition coefficient (Wildman–Crippen LogP) is 0.205. The topological polar surface area (TPSA) is 157 Å². The average molecular weight is 363 g/mol. The van der Waals surface area contributed by atoms with E-state index in [4.69, 9.17) is 28.4 Å². The Morgan fingerprint density at radius 2 is 2.36 bits per heavy atom. The van der Waals surface area contributed by atoms with Crippen LogP contribution in [0, 0.1) is 21.4 Å². The van der Waals surface area contributed by atoms with Gasteiger partial charge in [0.15, 0.2) is 22.4 Å². The van der Waals surface area contributed by atoms with E-state index in [-0.39, 0.29) is 10.6 Å². The third-order valence-corrected chi connectivity index (χ3v) is 4.48. The van der Waals surface area contributed by atoms with E-state index in [1.54, 1.807) is 6.92 Å². The zero-order chi connectivity index (χ0) is 18.4. The monoisotopic (exact) mass is 363 g/mol. The Morgan fingerprint density at radius 3 is 3.00 bits per heavy atom. The van der Waals surface area contributed by atoms with E-state index in [2.05, 4.69) is 32.0 Å². The van der Waals surface area contributed by atoms with Crippen LogP contribution in [0.2, 0.25) is 0 Å². The summed E-state index contributed by atoms with van der Waals surface area (Å²) in [5.74, 6) is 5.58. The maximum atomic E-state index is 10.9. The van der Waals surface area contributed by atoms with Gasteiger partial charge in [-0.3, -0.25) is 4.57 Å². The van der Waals surface area contributed by atoms with Gasteiger partial charge in [0.1, 0.15) is 29.4 Å². The predicted molar refractivity (Wildman–Crippen MR) is 92.7 cm³/mol. The summed E-state index contributed by atoms with van der Waals surface area (Å²) in [6.07, 6.45) is -1.66. The number of hydrogen-bond acceptors (Lipinski definition) is 9. The summed E-state index contributed by atoms with van der Waals surface area (Å²) in [5, 5.41) is 13.6. The second-order valence-corrected chi connectivity index (χ2v) is 6.21. The Bertz CT molecular complexity index is 945. The van der Waals surface area contributed by atoms with E-state index < -0.39 is 30.0 Å². The molecule has 6 N–H and O–H groups in total. The van der Waals surface area contributed by atoms with E-state index in [0.717, 1.165) is 0 Å². The molecule has 0 spiro atoms. The van der Waals surface area contributed by atoms with E-state index >= 15 is 0 Å². The van der Waals surface area contributed by atoms with Crippen LogP contribution in [0.25, 0.3) is 11.2 Å². The number of aliphatic hydroxyl groups excluding tert-OH is 1. The molecule has 0 aromatic carbocycles. The zero-order valence-corrected chi connectivity index (χ0v) is 14.3. The number of aromatic nitrogens is 4. The highest BCUT2D eigenvalue weighted by Crippen LogP contribution is 2.39. The van der Waals surface area contributed by atoms with Crippen molar-refractivity contribution in [1.82, 2.24) is 19.5 Å². The van der Waals surface area contributed by atoms with Gasteiger partial charge < -0.3 is 26.3 Å². The number of aromatic amines is 1. The van der Waals surface area contributed by atoms with E-state index in [1.165, 1.54) is 17.8 Å². The summed E-state index contributed by atoms with van der Waals surface area (Å²) in [7, 11) is 0. The molecule has 3 heterocycles. The third-order valence-electron chi connectivity index (χ3n) is 4.20. The number of H-pyrrole nitrogens is 1. The van der Waals surface area contributed by atoms with Crippen molar-refractivity contribution in [2.75, 3.05) is 5.73 Å². The van der Waals surface area contributed by atoms with Gasteiger partial charge >= 0.3 is 0 Å². The summed E-state index contributed by atoms with van der Waals surface area (Å²) in [6.45, 7) is 3.12. The van der Waals surface area contributed by atoms with Crippen LogP contribution in [0.4, 0.5) is 5.95 Å². The lowest BCUT2D eigenvalue weighted by atomic mass is 9.89. The van der Waals surface area contributed by atoms with Gasteiger partial charge in [-0.1, -0.05) is 23.3 Å². The highest BCUT2D eigenvalue weighted by Gasteiger charge is 2.56. The van der Waals surface area contributed by atoms with Crippen molar-refractivity contribution in [3.05, 3.63) is 15.9 Å². The van der Waals surface area contributed by atoms with Crippen LogP contribution >= 0.6 is 12.2 Å². The van der Waals surface area contributed by atoms with Crippen molar-refractivity contribution in [2.45, 2.75) is 43.9 Å². The third kappa shape index (κ3) is 2.59. The van der Waals surface area contributed by atoms with Gasteiger partial charge in [-0.25, -0.2) is 9.97 Å². The van der Waals surface area contributed by atoms with Gasteiger partial charge in [-0.05, 0) is 13.8 Å². The van der Waals surface area contributed by atoms with Crippen LogP contribution in [0.5, 0.6) is 0 Å².